The van der Waals surface area contributed by atoms with Crippen LogP contribution in [0, 0.1) is 0 Å². The van der Waals surface area contributed by atoms with Crippen molar-refractivity contribution in [3.63, 3.8) is 0 Å². The van der Waals surface area contributed by atoms with Crippen LogP contribution < -0.4 is 15.2 Å². The molecular weight excluding hydrogens is 268 g/mol. The van der Waals surface area contributed by atoms with Crippen LogP contribution >= 0.6 is 0 Å². The minimum atomic E-state index is 0.189. The Kier molecular flexibility index (Phi) is 4.33. The van der Waals surface area contributed by atoms with Gasteiger partial charge < -0.3 is 19.9 Å². The van der Waals surface area contributed by atoms with Crippen LogP contribution in [-0.2, 0) is 4.74 Å². The number of ether oxygens (including phenoxy) is 3. The Morgan fingerprint density at radius 3 is 2.48 bits per heavy atom. The number of morpholine rings is 1. The van der Waals surface area contributed by atoms with Crippen LogP contribution in [0.3, 0.4) is 0 Å². The van der Waals surface area contributed by atoms with Crippen molar-refractivity contribution < 1.29 is 14.2 Å². The van der Waals surface area contributed by atoms with Gasteiger partial charge in [0.25, 0.3) is 0 Å². The molecule has 0 saturated carbocycles. The van der Waals surface area contributed by atoms with Gasteiger partial charge in [0.2, 0.25) is 0 Å². The molecule has 3 unspecified atom stereocenters. The Bertz CT molecular complexity index is 484. The summed E-state index contributed by atoms with van der Waals surface area (Å²) in [6.07, 6.45) is 0.472. The van der Waals surface area contributed by atoms with Crippen LogP contribution in [0.25, 0.3) is 0 Å². The molecule has 0 spiro atoms. The molecule has 1 aromatic carbocycles. The van der Waals surface area contributed by atoms with Crippen molar-refractivity contribution in [1.82, 2.24) is 4.90 Å². The highest BCUT2D eigenvalue weighted by molar-refractivity contribution is 5.44. The van der Waals surface area contributed by atoms with Gasteiger partial charge in [0, 0.05) is 25.7 Å². The number of hydrogen-bond donors (Lipinski definition) is 1. The summed E-state index contributed by atoms with van der Waals surface area (Å²) in [5.74, 6) is 1.65. The van der Waals surface area contributed by atoms with Crippen molar-refractivity contribution in [1.29, 1.82) is 0 Å². The van der Waals surface area contributed by atoms with Gasteiger partial charge >= 0.3 is 0 Å². The molecule has 5 heteroatoms. The van der Waals surface area contributed by atoms with E-state index in [1.54, 1.807) is 0 Å². The zero-order chi connectivity index (χ0) is 14.8. The molecule has 1 fully saturated rings. The van der Waals surface area contributed by atoms with Crippen molar-refractivity contribution in [3.05, 3.63) is 23.8 Å². The monoisotopic (exact) mass is 292 g/mol. The van der Waals surface area contributed by atoms with Crippen molar-refractivity contribution in [3.8, 4) is 11.5 Å². The molecule has 2 aliphatic rings. The zero-order valence-electron chi connectivity index (χ0n) is 12.7. The van der Waals surface area contributed by atoms with Gasteiger partial charge in [0.05, 0.1) is 12.2 Å². The average molecular weight is 292 g/mol. The molecule has 21 heavy (non-hydrogen) atoms. The molecule has 0 bridgehead atoms. The molecule has 116 valence electrons. The summed E-state index contributed by atoms with van der Waals surface area (Å²) >= 11 is 0. The van der Waals surface area contributed by atoms with E-state index < -0.39 is 0 Å². The summed E-state index contributed by atoms with van der Waals surface area (Å²) in [5, 5.41) is 0. The molecule has 0 radical (unpaired) electrons. The first-order chi connectivity index (χ1) is 10.2. The molecule has 0 aromatic heterocycles. The minimum absolute atomic E-state index is 0.189. The molecule has 1 aromatic rings. The summed E-state index contributed by atoms with van der Waals surface area (Å²) in [5.41, 5.74) is 7.23. The fourth-order valence-corrected chi connectivity index (χ4v) is 3.24. The van der Waals surface area contributed by atoms with Crippen LogP contribution in [0.4, 0.5) is 0 Å². The van der Waals surface area contributed by atoms with E-state index in [2.05, 4.69) is 30.9 Å². The molecule has 3 rings (SSSR count). The average Bonchev–Trinajstić information content (AvgIpc) is 2.47. The molecule has 0 amide bonds. The second kappa shape index (κ2) is 6.22. The van der Waals surface area contributed by atoms with Crippen LogP contribution in [0.15, 0.2) is 18.2 Å². The lowest BCUT2D eigenvalue weighted by atomic mass is 10.0. The van der Waals surface area contributed by atoms with Gasteiger partial charge in [-0.15, -0.1) is 0 Å². The Hall–Kier alpha value is -1.30. The molecule has 5 nitrogen and oxygen atoms in total. The Balaban J connectivity index is 1.82. The summed E-state index contributed by atoms with van der Waals surface area (Å²) in [7, 11) is 0. The predicted octanol–water partition coefficient (Wildman–Crippen LogP) is 1.57. The van der Waals surface area contributed by atoms with Gasteiger partial charge in [-0.25, -0.2) is 0 Å². The van der Waals surface area contributed by atoms with Crippen LogP contribution in [0.5, 0.6) is 11.5 Å². The first-order valence-corrected chi connectivity index (χ1v) is 7.66. The topological polar surface area (TPSA) is 57.0 Å². The maximum atomic E-state index is 6.05. The second-order valence-corrected chi connectivity index (χ2v) is 5.87. The van der Waals surface area contributed by atoms with Gasteiger partial charge in [-0.3, -0.25) is 4.90 Å². The number of hydrogen-bond acceptors (Lipinski definition) is 5. The lowest BCUT2D eigenvalue weighted by Gasteiger charge is -2.40. The number of benzene rings is 1. The third-order valence-corrected chi connectivity index (χ3v) is 4.06. The smallest absolute Gasteiger partial charge is 0.161 e. The lowest BCUT2D eigenvalue weighted by Crippen LogP contribution is -2.48. The normalized spacial score (nSPS) is 27.4. The molecule has 2 heterocycles. The Labute approximate surface area is 126 Å². The number of rotatable bonds is 3. The Morgan fingerprint density at radius 1 is 1.14 bits per heavy atom. The van der Waals surface area contributed by atoms with Crippen molar-refractivity contribution >= 4 is 0 Å². The lowest BCUT2D eigenvalue weighted by molar-refractivity contribution is -0.0799. The van der Waals surface area contributed by atoms with E-state index in [0.717, 1.165) is 24.6 Å². The van der Waals surface area contributed by atoms with Crippen molar-refractivity contribution in [2.45, 2.75) is 32.1 Å². The largest absolute Gasteiger partial charge is 0.486 e. The SMILES string of the molecule is CC1CN(C(CN)c2ccc3c(c2)OCCO3)CC(C)O1. The first-order valence-electron chi connectivity index (χ1n) is 7.66. The highest BCUT2D eigenvalue weighted by atomic mass is 16.6. The summed E-state index contributed by atoms with van der Waals surface area (Å²) in [6.45, 7) is 7.83. The molecule has 1 saturated heterocycles. The van der Waals surface area contributed by atoms with E-state index in [-0.39, 0.29) is 18.2 Å². The first kappa shape index (κ1) is 14.6. The molecule has 0 aliphatic carbocycles. The van der Waals surface area contributed by atoms with E-state index in [9.17, 15) is 0 Å². The molecule has 2 aliphatic heterocycles. The maximum absolute atomic E-state index is 6.05. The van der Waals surface area contributed by atoms with Crippen molar-refractivity contribution in [2.75, 3.05) is 32.8 Å². The molecule has 2 N–H and O–H groups in total. The third kappa shape index (κ3) is 3.15. The van der Waals surface area contributed by atoms with Gasteiger partial charge in [-0.1, -0.05) is 6.07 Å². The molecule has 3 atom stereocenters. The number of fused-ring (bicyclic) bond motifs is 1. The maximum Gasteiger partial charge on any atom is 0.161 e. The van der Waals surface area contributed by atoms with Gasteiger partial charge in [-0.2, -0.15) is 0 Å². The molecular formula is C16H24N2O3. The van der Waals surface area contributed by atoms with Crippen LogP contribution in [-0.4, -0.2) is 50.0 Å². The summed E-state index contributed by atoms with van der Waals surface area (Å²) in [4.78, 5) is 2.41. The highest BCUT2D eigenvalue weighted by Gasteiger charge is 2.28. The van der Waals surface area contributed by atoms with E-state index >= 15 is 0 Å². The van der Waals surface area contributed by atoms with Crippen LogP contribution in [0.1, 0.15) is 25.5 Å². The van der Waals surface area contributed by atoms with Gasteiger partial charge in [-0.05, 0) is 31.5 Å². The van der Waals surface area contributed by atoms with Crippen molar-refractivity contribution in [2.24, 2.45) is 5.73 Å². The second-order valence-electron chi connectivity index (χ2n) is 5.87. The van der Waals surface area contributed by atoms with Gasteiger partial charge in [0.1, 0.15) is 13.2 Å². The zero-order valence-corrected chi connectivity index (χ0v) is 12.7. The van der Waals surface area contributed by atoms with E-state index in [0.29, 0.717) is 19.8 Å². The quantitative estimate of drug-likeness (QED) is 0.916. The Morgan fingerprint density at radius 2 is 1.81 bits per heavy atom. The third-order valence-electron chi connectivity index (χ3n) is 4.06. The number of nitrogens with two attached hydrogens (primary N) is 1. The van der Waals surface area contributed by atoms with E-state index in [1.165, 1.54) is 5.56 Å². The van der Waals surface area contributed by atoms with E-state index in [4.69, 9.17) is 19.9 Å². The minimum Gasteiger partial charge on any atom is -0.486 e. The predicted molar refractivity (Wildman–Crippen MR) is 80.8 cm³/mol. The fourth-order valence-electron chi connectivity index (χ4n) is 3.24. The van der Waals surface area contributed by atoms with E-state index in [1.807, 2.05) is 6.07 Å². The fraction of sp³-hybridized carbons (Fsp3) is 0.625. The number of nitrogens with zero attached hydrogens (tertiary/aromatic N) is 1. The summed E-state index contributed by atoms with van der Waals surface area (Å²) in [6, 6.07) is 6.33. The highest BCUT2D eigenvalue weighted by Crippen LogP contribution is 2.34. The van der Waals surface area contributed by atoms with Gasteiger partial charge in [0.15, 0.2) is 11.5 Å². The standard InChI is InChI=1S/C16H24N2O3/c1-11-9-18(10-12(2)21-11)14(8-17)13-3-4-15-16(7-13)20-6-5-19-15/h3-4,7,11-12,14H,5-6,8-10,17H2,1-2H3. The van der Waals surface area contributed by atoms with Crippen LogP contribution in [0.2, 0.25) is 0 Å². The summed E-state index contributed by atoms with van der Waals surface area (Å²) < 4.78 is 17.1.